The maximum absolute atomic E-state index is 13.1. The van der Waals surface area contributed by atoms with Crippen molar-refractivity contribution in [1.29, 1.82) is 0 Å². The van der Waals surface area contributed by atoms with Gasteiger partial charge in [-0.05, 0) is 76.2 Å². The second-order valence-corrected chi connectivity index (χ2v) is 6.98. The highest BCUT2D eigenvalue weighted by Crippen LogP contribution is 2.25. The van der Waals surface area contributed by atoms with Crippen LogP contribution in [0.4, 0.5) is 4.39 Å². The van der Waals surface area contributed by atoms with Gasteiger partial charge in [-0.15, -0.1) is 11.3 Å². The molecule has 18 heavy (non-hydrogen) atoms. The highest BCUT2D eigenvalue weighted by atomic mass is 127. The molecule has 96 valence electrons. The maximum Gasteiger partial charge on any atom is 0.123 e. The number of nitrogens with two attached hydrogens (primary N) is 1. The lowest BCUT2D eigenvalue weighted by molar-refractivity contribution is 0.551. The maximum atomic E-state index is 13.1. The predicted molar refractivity (Wildman–Crippen MR) is 81.9 cm³/mol. The summed E-state index contributed by atoms with van der Waals surface area (Å²) in [6, 6.07) is 7.06. The molecule has 5 heteroatoms. The van der Waals surface area contributed by atoms with Crippen LogP contribution in [-0.2, 0) is 6.42 Å². The van der Waals surface area contributed by atoms with Crippen LogP contribution in [0, 0.1) is 15.6 Å². The number of hydrogen-bond donors (Lipinski definition) is 2. The van der Waals surface area contributed by atoms with Gasteiger partial charge < -0.3 is 0 Å². The lowest BCUT2D eigenvalue weighted by Crippen LogP contribution is -2.29. The summed E-state index contributed by atoms with van der Waals surface area (Å²) in [6.45, 7) is 1.92. The predicted octanol–water partition coefficient (Wildman–Crippen LogP) is 3.55. The number of nitrogens with one attached hydrogen (secondary N) is 1. The van der Waals surface area contributed by atoms with Crippen molar-refractivity contribution in [1.82, 2.24) is 5.43 Å². The molecule has 2 rings (SSSR count). The van der Waals surface area contributed by atoms with E-state index in [2.05, 4.69) is 39.5 Å². The van der Waals surface area contributed by atoms with Crippen molar-refractivity contribution >= 4 is 33.9 Å². The minimum Gasteiger partial charge on any atom is -0.271 e. The Hall–Kier alpha value is -0.500. The quantitative estimate of drug-likeness (QED) is 0.487. The standard InChI is InChI=1S/C13H14FIN2S/c1-8-4-11(14)3-2-9(8)5-12(17-16)10-6-13(15)18-7-10/h2-4,6-7,12,17H,5,16H2,1H3. The van der Waals surface area contributed by atoms with Gasteiger partial charge in [-0.3, -0.25) is 11.3 Å². The average Bonchev–Trinajstić information content (AvgIpc) is 2.75. The summed E-state index contributed by atoms with van der Waals surface area (Å²) in [4.78, 5) is 0. The molecule has 0 saturated carbocycles. The summed E-state index contributed by atoms with van der Waals surface area (Å²) >= 11 is 3.99. The molecule has 1 heterocycles. The largest absolute Gasteiger partial charge is 0.271 e. The number of hydrazine groups is 1. The van der Waals surface area contributed by atoms with Gasteiger partial charge in [0, 0.05) is 0 Å². The Morgan fingerprint density at radius 1 is 1.44 bits per heavy atom. The minimum absolute atomic E-state index is 0.0638. The second kappa shape index (κ2) is 6.10. The van der Waals surface area contributed by atoms with E-state index in [4.69, 9.17) is 5.84 Å². The summed E-state index contributed by atoms with van der Waals surface area (Å²) in [5.74, 6) is 5.42. The molecule has 1 aromatic carbocycles. The average molecular weight is 376 g/mol. The fourth-order valence-corrected chi connectivity index (χ4v) is 3.31. The number of aryl methyl sites for hydroxylation is 1. The van der Waals surface area contributed by atoms with Gasteiger partial charge in [0.25, 0.3) is 0 Å². The van der Waals surface area contributed by atoms with Crippen LogP contribution in [0.5, 0.6) is 0 Å². The zero-order chi connectivity index (χ0) is 13.1. The molecule has 0 aliphatic carbocycles. The zero-order valence-electron chi connectivity index (χ0n) is 9.91. The number of halogens is 2. The molecule has 0 aliphatic heterocycles. The van der Waals surface area contributed by atoms with Crippen LogP contribution < -0.4 is 11.3 Å². The van der Waals surface area contributed by atoms with Gasteiger partial charge in [-0.25, -0.2) is 4.39 Å². The topological polar surface area (TPSA) is 38.0 Å². The molecule has 0 spiro atoms. The van der Waals surface area contributed by atoms with Gasteiger partial charge in [0.1, 0.15) is 5.82 Å². The number of thiophene rings is 1. The molecular weight excluding hydrogens is 362 g/mol. The molecule has 1 aromatic heterocycles. The summed E-state index contributed by atoms with van der Waals surface area (Å²) < 4.78 is 14.3. The normalized spacial score (nSPS) is 12.7. The van der Waals surface area contributed by atoms with Gasteiger partial charge in [0.05, 0.1) is 8.93 Å². The smallest absolute Gasteiger partial charge is 0.123 e. The van der Waals surface area contributed by atoms with Crippen molar-refractivity contribution in [3.63, 3.8) is 0 Å². The van der Waals surface area contributed by atoms with Crippen LogP contribution >= 0.6 is 33.9 Å². The summed E-state index contributed by atoms with van der Waals surface area (Å²) in [6.07, 6.45) is 0.759. The fraction of sp³-hybridized carbons (Fsp3) is 0.231. The van der Waals surface area contributed by atoms with Crippen LogP contribution in [0.25, 0.3) is 0 Å². The molecule has 0 bridgehead atoms. The van der Waals surface area contributed by atoms with Gasteiger partial charge >= 0.3 is 0 Å². The summed E-state index contributed by atoms with van der Waals surface area (Å²) in [5.41, 5.74) is 6.08. The SMILES string of the molecule is Cc1cc(F)ccc1CC(NN)c1csc(I)c1. The van der Waals surface area contributed by atoms with E-state index < -0.39 is 0 Å². The third-order valence-corrected chi connectivity index (χ3v) is 4.73. The van der Waals surface area contributed by atoms with E-state index in [1.54, 1.807) is 17.4 Å². The molecule has 0 amide bonds. The van der Waals surface area contributed by atoms with Crippen LogP contribution in [-0.4, -0.2) is 0 Å². The Bertz CT molecular complexity index is 542. The lowest BCUT2D eigenvalue weighted by Gasteiger charge is -2.16. The van der Waals surface area contributed by atoms with Crippen LogP contribution in [0.2, 0.25) is 0 Å². The number of rotatable bonds is 4. The number of hydrogen-bond acceptors (Lipinski definition) is 3. The van der Waals surface area contributed by atoms with Crippen LogP contribution in [0.3, 0.4) is 0 Å². The van der Waals surface area contributed by atoms with Gasteiger partial charge in [-0.1, -0.05) is 6.07 Å². The monoisotopic (exact) mass is 376 g/mol. The lowest BCUT2D eigenvalue weighted by atomic mass is 9.98. The van der Waals surface area contributed by atoms with E-state index in [-0.39, 0.29) is 11.9 Å². The van der Waals surface area contributed by atoms with Crippen molar-refractivity contribution in [2.75, 3.05) is 0 Å². The van der Waals surface area contributed by atoms with Crippen molar-refractivity contribution in [2.45, 2.75) is 19.4 Å². The Morgan fingerprint density at radius 3 is 2.78 bits per heavy atom. The molecule has 0 fully saturated rings. The molecule has 0 radical (unpaired) electrons. The van der Waals surface area contributed by atoms with E-state index in [0.717, 1.165) is 17.5 Å². The van der Waals surface area contributed by atoms with Crippen molar-refractivity contribution in [3.05, 3.63) is 55.0 Å². The van der Waals surface area contributed by atoms with Crippen LogP contribution in [0.1, 0.15) is 22.7 Å². The Kier molecular flexibility index (Phi) is 4.71. The summed E-state index contributed by atoms with van der Waals surface area (Å²) in [7, 11) is 0. The minimum atomic E-state index is -0.196. The first-order chi connectivity index (χ1) is 8.60. The molecule has 1 atom stereocenters. The van der Waals surface area contributed by atoms with E-state index >= 15 is 0 Å². The van der Waals surface area contributed by atoms with Crippen molar-refractivity contribution < 1.29 is 4.39 Å². The first-order valence-electron chi connectivity index (χ1n) is 5.55. The Morgan fingerprint density at radius 2 is 2.22 bits per heavy atom. The van der Waals surface area contributed by atoms with E-state index in [1.165, 1.54) is 14.5 Å². The first-order valence-corrected chi connectivity index (χ1v) is 7.51. The summed E-state index contributed by atoms with van der Waals surface area (Å²) in [5, 5.41) is 2.10. The first kappa shape index (κ1) is 13.9. The van der Waals surface area contributed by atoms with Gasteiger partial charge in [0.15, 0.2) is 0 Å². The molecule has 3 N–H and O–H groups in total. The molecule has 0 aliphatic rings. The number of benzene rings is 1. The van der Waals surface area contributed by atoms with Crippen LogP contribution in [0.15, 0.2) is 29.6 Å². The molecule has 2 nitrogen and oxygen atoms in total. The van der Waals surface area contributed by atoms with Gasteiger partial charge in [-0.2, -0.15) is 0 Å². The molecule has 0 saturated heterocycles. The Labute approximate surface area is 124 Å². The molecule has 2 aromatic rings. The third kappa shape index (κ3) is 3.28. The van der Waals surface area contributed by atoms with E-state index in [0.29, 0.717) is 0 Å². The highest BCUT2D eigenvalue weighted by Gasteiger charge is 2.13. The highest BCUT2D eigenvalue weighted by molar-refractivity contribution is 14.1. The van der Waals surface area contributed by atoms with Crippen molar-refractivity contribution in [2.24, 2.45) is 5.84 Å². The third-order valence-electron chi connectivity index (χ3n) is 2.92. The Balaban J connectivity index is 2.20. The molecule has 1 unspecified atom stereocenters. The van der Waals surface area contributed by atoms with Gasteiger partial charge in [0.2, 0.25) is 0 Å². The fourth-order valence-electron chi connectivity index (χ4n) is 1.89. The van der Waals surface area contributed by atoms with Crippen molar-refractivity contribution in [3.8, 4) is 0 Å². The molecular formula is C13H14FIN2S. The van der Waals surface area contributed by atoms with E-state index in [1.807, 2.05) is 13.0 Å². The second-order valence-electron chi connectivity index (χ2n) is 4.18. The zero-order valence-corrected chi connectivity index (χ0v) is 12.9. The van der Waals surface area contributed by atoms with E-state index in [9.17, 15) is 4.39 Å².